The fourth-order valence-corrected chi connectivity index (χ4v) is 2.34. The third-order valence-electron chi connectivity index (χ3n) is 2.90. The summed E-state index contributed by atoms with van der Waals surface area (Å²) in [4.78, 5) is 2.40. The molecule has 0 aliphatic carbocycles. The van der Waals surface area contributed by atoms with Crippen molar-refractivity contribution in [3.8, 4) is 0 Å². The van der Waals surface area contributed by atoms with Crippen molar-refractivity contribution in [1.82, 2.24) is 4.90 Å². The monoisotopic (exact) mass is 278 g/mol. The molecule has 0 radical (unpaired) electrons. The van der Waals surface area contributed by atoms with Crippen molar-refractivity contribution in [3.05, 3.63) is 0 Å². The summed E-state index contributed by atoms with van der Waals surface area (Å²) in [5.41, 5.74) is 5.89. The Hall–Kier alpha value is 0.190. The zero-order chi connectivity index (χ0) is 13.6. The molecule has 0 rings (SSSR count). The molecule has 0 bridgehead atoms. The van der Waals surface area contributed by atoms with E-state index >= 15 is 0 Å². The highest BCUT2D eigenvalue weighted by Crippen LogP contribution is 2.07. The topological polar surface area (TPSA) is 47.7 Å². The zero-order valence-electron chi connectivity index (χ0n) is 12.2. The molecule has 0 saturated heterocycles. The van der Waals surface area contributed by atoms with E-state index in [0.717, 1.165) is 51.7 Å². The molecular weight excluding hydrogens is 248 g/mol. The van der Waals surface area contributed by atoms with Crippen LogP contribution >= 0.6 is 11.8 Å². The Morgan fingerprint density at radius 3 is 2.06 bits per heavy atom. The van der Waals surface area contributed by atoms with Gasteiger partial charge in [-0.05, 0) is 32.3 Å². The van der Waals surface area contributed by atoms with E-state index in [1.54, 1.807) is 0 Å². The van der Waals surface area contributed by atoms with E-state index in [2.05, 4.69) is 11.2 Å². The molecule has 0 aliphatic heterocycles. The fourth-order valence-electron chi connectivity index (χ4n) is 1.83. The molecule has 0 saturated carbocycles. The minimum absolute atomic E-state index is 0.443. The van der Waals surface area contributed by atoms with Gasteiger partial charge >= 0.3 is 0 Å². The van der Waals surface area contributed by atoms with Gasteiger partial charge in [-0.2, -0.15) is 11.8 Å². The molecule has 0 amide bonds. The normalized spacial score (nSPS) is 13.2. The Bertz CT molecular complexity index is 163. The Kier molecular flexibility index (Phi) is 13.8. The second-order valence-electron chi connectivity index (χ2n) is 4.10. The van der Waals surface area contributed by atoms with E-state index in [9.17, 15) is 0 Å². The number of nitrogens with two attached hydrogens (primary N) is 1. The lowest BCUT2D eigenvalue weighted by atomic mass is 10.2. The average Bonchev–Trinajstić information content (AvgIpc) is 2.39. The number of thioether (sulfide) groups is 1. The summed E-state index contributed by atoms with van der Waals surface area (Å²) in [5.74, 6) is 1.15. The average molecular weight is 278 g/mol. The predicted octanol–water partition coefficient (Wildman–Crippen LogP) is 1.44. The molecule has 1 unspecified atom stereocenters. The number of ether oxygens (including phenoxy) is 2. The van der Waals surface area contributed by atoms with Gasteiger partial charge in [-0.25, -0.2) is 0 Å². The lowest BCUT2D eigenvalue weighted by Crippen LogP contribution is -2.44. The molecule has 0 aromatic carbocycles. The summed E-state index contributed by atoms with van der Waals surface area (Å²) >= 11 is 1.87. The van der Waals surface area contributed by atoms with Gasteiger partial charge in [-0.3, -0.25) is 4.90 Å². The summed E-state index contributed by atoms with van der Waals surface area (Å²) in [7, 11) is 0. The lowest BCUT2D eigenvalue weighted by molar-refractivity contribution is 0.0636. The van der Waals surface area contributed by atoms with E-state index in [1.807, 2.05) is 25.6 Å². The van der Waals surface area contributed by atoms with Crippen LogP contribution in [0.15, 0.2) is 0 Å². The quantitative estimate of drug-likeness (QED) is 0.517. The summed E-state index contributed by atoms with van der Waals surface area (Å²) in [5, 5.41) is 0. The highest BCUT2D eigenvalue weighted by molar-refractivity contribution is 7.98. The smallest absolute Gasteiger partial charge is 0.0593 e. The van der Waals surface area contributed by atoms with Crippen LogP contribution in [0.5, 0.6) is 0 Å². The molecule has 0 aromatic rings. The first-order chi connectivity index (χ1) is 8.79. The minimum atomic E-state index is 0.443. The van der Waals surface area contributed by atoms with Crippen LogP contribution in [-0.4, -0.2) is 69.0 Å². The molecule has 110 valence electrons. The van der Waals surface area contributed by atoms with Crippen molar-refractivity contribution in [2.75, 3.05) is 58.1 Å². The number of rotatable bonds is 13. The van der Waals surface area contributed by atoms with E-state index in [1.165, 1.54) is 0 Å². The highest BCUT2D eigenvalue weighted by atomic mass is 32.2. The van der Waals surface area contributed by atoms with Gasteiger partial charge < -0.3 is 15.2 Å². The maximum atomic E-state index is 5.89. The number of hydrogen-bond acceptors (Lipinski definition) is 5. The van der Waals surface area contributed by atoms with E-state index in [-0.39, 0.29) is 0 Å². The predicted molar refractivity (Wildman–Crippen MR) is 80.4 cm³/mol. The maximum absolute atomic E-state index is 5.89. The first-order valence-electron chi connectivity index (χ1n) is 6.88. The summed E-state index contributed by atoms with van der Waals surface area (Å²) < 4.78 is 10.9. The van der Waals surface area contributed by atoms with Crippen molar-refractivity contribution in [2.24, 2.45) is 5.73 Å². The molecule has 0 heterocycles. The Morgan fingerprint density at radius 2 is 1.67 bits per heavy atom. The molecule has 0 fully saturated rings. The summed E-state index contributed by atoms with van der Waals surface area (Å²) in [6.45, 7) is 9.75. The second kappa shape index (κ2) is 13.6. The SMILES string of the molecule is CCOCCN(CCOCC)C(CN)CCSC. The number of nitrogens with zero attached hydrogens (tertiary/aromatic N) is 1. The van der Waals surface area contributed by atoms with Gasteiger partial charge in [0.05, 0.1) is 13.2 Å². The largest absolute Gasteiger partial charge is 0.380 e. The molecule has 0 aromatic heterocycles. The van der Waals surface area contributed by atoms with Gasteiger partial charge in [-0.1, -0.05) is 0 Å². The molecule has 4 nitrogen and oxygen atoms in total. The standard InChI is InChI=1S/C13H30N2O2S/c1-4-16-9-7-15(8-10-17-5-2)13(12-14)6-11-18-3/h13H,4-12,14H2,1-3H3. The third kappa shape index (κ3) is 9.16. The number of hydrogen-bond donors (Lipinski definition) is 1. The van der Waals surface area contributed by atoms with E-state index in [0.29, 0.717) is 12.6 Å². The van der Waals surface area contributed by atoms with Crippen molar-refractivity contribution >= 4 is 11.8 Å². The van der Waals surface area contributed by atoms with Crippen molar-refractivity contribution in [2.45, 2.75) is 26.3 Å². The molecule has 0 spiro atoms. The van der Waals surface area contributed by atoms with Gasteiger partial charge in [0.1, 0.15) is 0 Å². The maximum Gasteiger partial charge on any atom is 0.0593 e. The Labute approximate surface area is 117 Å². The Balaban J connectivity index is 4.11. The van der Waals surface area contributed by atoms with Crippen LogP contribution in [0.4, 0.5) is 0 Å². The van der Waals surface area contributed by atoms with E-state index < -0.39 is 0 Å². The van der Waals surface area contributed by atoms with Crippen LogP contribution in [0.2, 0.25) is 0 Å². The molecule has 18 heavy (non-hydrogen) atoms. The van der Waals surface area contributed by atoms with Crippen LogP contribution in [0, 0.1) is 0 Å². The van der Waals surface area contributed by atoms with Gasteiger partial charge in [0.15, 0.2) is 0 Å². The van der Waals surface area contributed by atoms with Crippen LogP contribution in [-0.2, 0) is 9.47 Å². The molecule has 5 heteroatoms. The van der Waals surface area contributed by atoms with Crippen LogP contribution in [0.3, 0.4) is 0 Å². The molecule has 0 aliphatic rings. The highest BCUT2D eigenvalue weighted by Gasteiger charge is 2.16. The molecule has 2 N–H and O–H groups in total. The van der Waals surface area contributed by atoms with Crippen molar-refractivity contribution in [1.29, 1.82) is 0 Å². The summed E-state index contributed by atoms with van der Waals surface area (Å²) in [6.07, 6.45) is 3.27. The van der Waals surface area contributed by atoms with E-state index in [4.69, 9.17) is 15.2 Å². The van der Waals surface area contributed by atoms with Gasteiger partial charge in [-0.15, -0.1) is 0 Å². The van der Waals surface area contributed by atoms with Crippen LogP contribution in [0.25, 0.3) is 0 Å². The molecular formula is C13H30N2O2S. The first-order valence-corrected chi connectivity index (χ1v) is 8.28. The second-order valence-corrected chi connectivity index (χ2v) is 5.09. The lowest BCUT2D eigenvalue weighted by Gasteiger charge is -2.30. The van der Waals surface area contributed by atoms with Gasteiger partial charge in [0.2, 0.25) is 0 Å². The zero-order valence-corrected chi connectivity index (χ0v) is 13.0. The van der Waals surface area contributed by atoms with Crippen LogP contribution < -0.4 is 5.73 Å². The fraction of sp³-hybridized carbons (Fsp3) is 1.00. The van der Waals surface area contributed by atoms with Crippen molar-refractivity contribution in [3.63, 3.8) is 0 Å². The minimum Gasteiger partial charge on any atom is -0.380 e. The summed E-state index contributed by atoms with van der Waals surface area (Å²) in [6, 6.07) is 0.443. The van der Waals surface area contributed by atoms with Crippen molar-refractivity contribution < 1.29 is 9.47 Å². The molecule has 1 atom stereocenters. The third-order valence-corrected chi connectivity index (χ3v) is 3.54. The Morgan fingerprint density at radius 1 is 1.11 bits per heavy atom. The van der Waals surface area contributed by atoms with Gasteiger partial charge in [0.25, 0.3) is 0 Å². The van der Waals surface area contributed by atoms with Crippen LogP contribution in [0.1, 0.15) is 20.3 Å². The first kappa shape index (κ1) is 18.2. The van der Waals surface area contributed by atoms with Gasteiger partial charge in [0, 0.05) is 38.9 Å².